The molecule has 0 saturated heterocycles. The molecule has 0 aliphatic heterocycles. The largest absolute Gasteiger partial charge is 0.491 e. The standard InChI is InChI=1S/C25H32F2O/c1-3-5-18-6-11-20(12-7-18)21-13-8-19(9-14-21)10-15-22-16-17-23(28-4-2)25(27)24(22)26/h8-9,13-14,16-18,20H,3-7,10-12,15H2,1-2H3. The van der Waals surface area contributed by atoms with Gasteiger partial charge in [-0.05, 0) is 80.0 Å². The third-order valence-corrected chi connectivity index (χ3v) is 6.10. The Balaban J connectivity index is 1.56. The molecule has 0 unspecified atom stereocenters. The zero-order chi connectivity index (χ0) is 19.9. The van der Waals surface area contributed by atoms with Crippen LogP contribution in [-0.2, 0) is 12.8 Å². The van der Waals surface area contributed by atoms with E-state index in [9.17, 15) is 8.78 Å². The minimum Gasteiger partial charge on any atom is -0.491 e. The molecular formula is C25H32F2O. The summed E-state index contributed by atoms with van der Waals surface area (Å²) in [5.41, 5.74) is 2.99. The first-order chi connectivity index (χ1) is 13.6. The van der Waals surface area contributed by atoms with Crippen molar-refractivity contribution in [1.82, 2.24) is 0 Å². The van der Waals surface area contributed by atoms with Crippen molar-refractivity contribution in [2.24, 2.45) is 5.92 Å². The predicted octanol–water partition coefficient (Wildman–Crippen LogP) is 7.22. The van der Waals surface area contributed by atoms with Gasteiger partial charge in [0.05, 0.1) is 6.61 Å². The van der Waals surface area contributed by atoms with E-state index >= 15 is 0 Å². The number of halogens is 2. The first-order valence-corrected chi connectivity index (χ1v) is 10.8. The Morgan fingerprint density at radius 1 is 0.857 bits per heavy atom. The molecule has 2 aromatic rings. The van der Waals surface area contributed by atoms with E-state index in [1.165, 1.54) is 50.2 Å². The second-order valence-electron chi connectivity index (χ2n) is 8.03. The maximum Gasteiger partial charge on any atom is 0.200 e. The van der Waals surface area contributed by atoms with Crippen LogP contribution in [0.4, 0.5) is 8.78 Å². The van der Waals surface area contributed by atoms with Gasteiger partial charge in [-0.1, -0.05) is 50.1 Å². The number of aryl methyl sites for hydroxylation is 2. The molecule has 1 fully saturated rings. The van der Waals surface area contributed by atoms with Gasteiger partial charge in [0, 0.05) is 0 Å². The molecule has 2 aromatic carbocycles. The summed E-state index contributed by atoms with van der Waals surface area (Å²) in [5, 5.41) is 0. The Kier molecular flexibility index (Phi) is 7.47. The van der Waals surface area contributed by atoms with Gasteiger partial charge in [-0.25, -0.2) is 4.39 Å². The Morgan fingerprint density at radius 2 is 1.57 bits per heavy atom. The minimum atomic E-state index is -0.881. The molecule has 1 nitrogen and oxygen atoms in total. The van der Waals surface area contributed by atoms with Gasteiger partial charge < -0.3 is 4.74 Å². The minimum absolute atomic E-state index is 0.0123. The number of rotatable bonds is 8. The van der Waals surface area contributed by atoms with Crippen LogP contribution in [0.3, 0.4) is 0 Å². The molecule has 3 rings (SSSR count). The maximum atomic E-state index is 14.2. The van der Waals surface area contributed by atoms with Gasteiger partial charge in [0.1, 0.15) is 0 Å². The average molecular weight is 387 g/mol. The smallest absolute Gasteiger partial charge is 0.200 e. The third kappa shape index (κ3) is 5.12. The van der Waals surface area contributed by atoms with Crippen molar-refractivity contribution in [2.45, 2.75) is 71.1 Å². The van der Waals surface area contributed by atoms with Crippen molar-refractivity contribution in [3.63, 3.8) is 0 Å². The summed E-state index contributed by atoms with van der Waals surface area (Å²) in [7, 11) is 0. The molecule has 3 heteroatoms. The molecule has 1 saturated carbocycles. The Bertz CT molecular complexity index is 746. The van der Waals surface area contributed by atoms with Gasteiger partial charge in [-0.15, -0.1) is 0 Å². The first kappa shape index (κ1) is 20.8. The summed E-state index contributed by atoms with van der Waals surface area (Å²) in [6.07, 6.45) is 9.13. The molecule has 0 aromatic heterocycles. The number of hydrogen-bond donors (Lipinski definition) is 0. The van der Waals surface area contributed by atoms with Crippen molar-refractivity contribution >= 4 is 0 Å². The zero-order valence-electron chi connectivity index (χ0n) is 17.1. The molecule has 1 aliphatic rings. The van der Waals surface area contributed by atoms with Crippen LogP contribution in [0.1, 0.15) is 75.0 Å². The van der Waals surface area contributed by atoms with Crippen LogP contribution in [0.2, 0.25) is 0 Å². The molecule has 0 atom stereocenters. The van der Waals surface area contributed by atoms with Crippen molar-refractivity contribution in [1.29, 1.82) is 0 Å². The van der Waals surface area contributed by atoms with Gasteiger partial charge in [0.2, 0.25) is 5.82 Å². The molecule has 0 N–H and O–H groups in total. The summed E-state index contributed by atoms with van der Waals surface area (Å²) >= 11 is 0. The molecule has 0 amide bonds. The average Bonchev–Trinajstić information content (AvgIpc) is 2.72. The summed E-state index contributed by atoms with van der Waals surface area (Å²) in [4.78, 5) is 0. The highest BCUT2D eigenvalue weighted by molar-refractivity contribution is 5.32. The van der Waals surface area contributed by atoms with Gasteiger partial charge in [-0.2, -0.15) is 4.39 Å². The van der Waals surface area contributed by atoms with E-state index in [1.54, 1.807) is 13.0 Å². The summed E-state index contributed by atoms with van der Waals surface area (Å²) in [6.45, 7) is 4.35. The van der Waals surface area contributed by atoms with Gasteiger partial charge >= 0.3 is 0 Å². The lowest BCUT2D eigenvalue weighted by molar-refractivity contribution is 0.308. The Hall–Kier alpha value is -1.90. The highest BCUT2D eigenvalue weighted by Crippen LogP contribution is 2.37. The summed E-state index contributed by atoms with van der Waals surface area (Å²) in [5.74, 6) is -0.0775. The molecule has 0 radical (unpaired) electrons. The second-order valence-corrected chi connectivity index (χ2v) is 8.03. The van der Waals surface area contributed by atoms with Crippen LogP contribution in [0.5, 0.6) is 5.75 Å². The van der Waals surface area contributed by atoms with Gasteiger partial charge in [0.15, 0.2) is 11.6 Å². The van der Waals surface area contributed by atoms with Crippen LogP contribution >= 0.6 is 0 Å². The van der Waals surface area contributed by atoms with Crippen LogP contribution < -0.4 is 4.74 Å². The topological polar surface area (TPSA) is 9.23 Å². The van der Waals surface area contributed by atoms with Crippen LogP contribution in [0.15, 0.2) is 36.4 Å². The van der Waals surface area contributed by atoms with Crippen molar-refractivity contribution in [3.8, 4) is 5.75 Å². The third-order valence-electron chi connectivity index (χ3n) is 6.10. The zero-order valence-corrected chi connectivity index (χ0v) is 17.1. The lowest BCUT2D eigenvalue weighted by Crippen LogP contribution is -2.13. The van der Waals surface area contributed by atoms with E-state index in [0.29, 0.717) is 30.9 Å². The first-order valence-electron chi connectivity index (χ1n) is 10.8. The second kappa shape index (κ2) is 10.0. The molecule has 0 heterocycles. The van der Waals surface area contributed by atoms with Crippen molar-refractivity contribution < 1.29 is 13.5 Å². The van der Waals surface area contributed by atoms with E-state index in [2.05, 4.69) is 31.2 Å². The summed E-state index contributed by atoms with van der Waals surface area (Å²) in [6, 6.07) is 11.9. The van der Waals surface area contributed by atoms with Crippen LogP contribution in [0.25, 0.3) is 0 Å². The van der Waals surface area contributed by atoms with E-state index in [0.717, 1.165) is 11.5 Å². The monoisotopic (exact) mass is 386 g/mol. The number of benzene rings is 2. The molecule has 0 bridgehead atoms. The lowest BCUT2D eigenvalue weighted by Gasteiger charge is -2.28. The summed E-state index contributed by atoms with van der Waals surface area (Å²) < 4.78 is 33.3. The lowest BCUT2D eigenvalue weighted by atomic mass is 9.77. The fraction of sp³-hybridized carbons (Fsp3) is 0.520. The highest BCUT2D eigenvalue weighted by atomic mass is 19.2. The predicted molar refractivity (Wildman–Crippen MR) is 111 cm³/mol. The molecule has 28 heavy (non-hydrogen) atoms. The SMILES string of the molecule is CCCC1CCC(c2ccc(CCc3ccc(OCC)c(F)c3F)cc2)CC1. The Morgan fingerprint density at radius 3 is 2.21 bits per heavy atom. The quantitative estimate of drug-likeness (QED) is 0.465. The van der Waals surface area contributed by atoms with Gasteiger partial charge in [-0.3, -0.25) is 0 Å². The van der Waals surface area contributed by atoms with E-state index < -0.39 is 11.6 Å². The van der Waals surface area contributed by atoms with Crippen molar-refractivity contribution in [2.75, 3.05) is 6.61 Å². The van der Waals surface area contributed by atoms with Gasteiger partial charge in [0.25, 0.3) is 0 Å². The number of ether oxygens (including phenoxy) is 1. The number of hydrogen-bond acceptors (Lipinski definition) is 1. The maximum absolute atomic E-state index is 14.2. The Labute approximate surface area is 168 Å². The highest BCUT2D eigenvalue weighted by Gasteiger charge is 2.21. The fourth-order valence-electron chi connectivity index (χ4n) is 4.46. The van der Waals surface area contributed by atoms with E-state index in [4.69, 9.17) is 4.74 Å². The molecular weight excluding hydrogens is 354 g/mol. The van der Waals surface area contributed by atoms with E-state index in [-0.39, 0.29) is 5.75 Å². The molecule has 152 valence electrons. The van der Waals surface area contributed by atoms with E-state index in [1.807, 2.05) is 0 Å². The van der Waals surface area contributed by atoms with Crippen LogP contribution in [-0.4, -0.2) is 6.61 Å². The van der Waals surface area contributed by atoms with Crippen molar-refractivity contribution in [3.05, 3.63) is 64.7 Å². The molecule has 1 aliphatic carbocycles. The molecule has 0 spiro atoms. The van der Waals surface area contributed by atoms with Crippen LogP contribution in [0, 0.1) is 17.6 Å². The normalized spacial score (nSPS) is 19.6. The fourth-order valence-corrected chi connectivity index (χ4v) is 4.46.